The first kappa shape index (κ1) is 18.3. The van der Waals surface area contributed by atoms with Crippen LogP contribution in [0.25, 0.3) is 0 Å². The summed E-state index contributed by atoms with van der Waals surface area (Å²) < 4.78 is 8.21. The van der Waals surface area contributed by atoms with Gasteiger partial charge in [-0.05, 0) is 24.5 Å². The SMILES string of the molecule is Cc1cc2c(c(=O)n1CC(C)C)[C@H](c1ccccc1Br)C(C#N)=C(N)O2. The van der Waals surface area contributed by atoms with Gasteiger partial charge in [-0.25, -0.2) is 0 Å². The second-order valence-electron chi connectivity index (χ2n) is 6.82. The number of hydrogen-bond acceptors (Lipinski definition) is 4. The summed E-state index contributed by atoms with van der Waals surface area (Å²) in [4.78, 5) is 13.3. The standard InChI is InChI=1S/C20H20BrN3O2/c1-11(2)10-24-12(3)8-16-18(20(24)25)17(14(9-22)19(23)26-16)13-6-4-5-7-15(13)21/h4-8,11,17H,10,23H2,1-3H3/t17-/m1/s1. The number of fused-ring (bicyclic) bond motifs is 1. The van der Waals surface area contributed by atoms with Gasteiger partial charge in [-0.3, -0.25) is 4.79 Å². The van der Waals surface area contributed by atoms with Crippen molar-refractivity contribution in [1.82, 2.24) is 4.57 Å². The Bertz CT molecular complexity index is 999. The highest BCUT2D eigenvalue weighted by Gasteiger charge is 2.35. The van der Waals surface area contributed by atoms with Crippen LogP contribution in [-0.2, 0) is 6.54 Å². The maximum Gasteiger partial charge on any atom is 0.258 e. The lowest BCUT2D eigenvalue weighted by molar-refractivity contribution is 0.385. The largest absolute Gasteiger partial charge is 0.440 e. The zero-order chi connectivity index (χ0) is 19.0. The Morgan fingerprint density at radius 1 is 1.38 bits per heavy atom. The van der Waals surface area contributed by atoms with Crippen molar-refractivity contribution in [2.75, 3.05) is 0 Å². The Kier molecular flexibility index (Phi) is 4.92. The van der Waals surface area contributed by atoms with E-state index in [1.807, 2.05) is 37.3 Å². The quantitative estimate of drug-likeness (QED) is 0.829. The number of benzene rings is 1. The van der Waals surface area contributed by atoms with Crippen molar-refractivity contribution in [3.63, 3.8) is 0 Å². The van der Waals surface area contributed by atoms with E-state index in [0.717, 1.165) is 15.7 Å². The number of rotatable bonds is 3. The number of pyridine rings is 1. The van der Waals surface area contributed by atoms with E-state index >= 15 is 0 Å². The summed E-state index contributed by atoms with van der Waals surface area (Å²) in [5, 5.41) is 9.68. The van der Waals surface area contributed by atoms with Gasteiger partial charge in [-0.2, -0.15) is 5.26 Å². The van der Waals surface area contributed by atoms with Crippen LogP contribution >= 0.6 is 15.9 Å². The molecule has 0 amide bonds. The molecule has 0 fully saturated rings. The fourth-order valence-electron chi connectivity index (χ4n) is 3.30. The van der Waals surface area contributed by atoms with Crippen LogP contribution in [0.3, 0.4) is 0 Å². The Morgan fingerprint density at radius 3 is 2.69 bits per heavy atom. The number of allylic oxidation sites excluding steroid dienone is 1. The third kappa shape index (κ3) is 3.04. The topological polar surface area (TPSA) is 81.0 Å². The van der Waals surface area contributed by atoms with Crippen molar-refractivity contribution in [3.8, 4) is 11.8 Å². The molecule has 1 aromatic heterocycles. The van der Waals surface area contributed by atoms with Crippen LogP contribution in [-0.4, -0.2) is 4.57 Å². The number of aromatic nitrogens is 1. The smallest absolute Gasteiger partial charge is 0.258 e. The Hall–Kier alpha value is -2.52. The molecule has 2 heterocycles. The zero-order valence-corrected chi connectivity index (χ0v) is 16.5. The van der Waals surface area contributed by atoms with Crippen LogP contribution in [0.1, 0.15) is 36.6 Å². The number of ether oxygens (including phenoxy) is 1. The molecule has 0 radical (unpaired) electrons. The van der Waals surface area contributed by atoms with Gasteiger partial charge in [0.05, 0.1) is 11.5 Å². The normalized spacial score (nSPS) is 16.2. The predicted octanol–water partition coefficient (Wildman–Crippen LogP) is 3.79. The third-order valence-electron chi connectivity index (χ3n) is 4.45. The highest BCUT2D eigenvalue weighted by atomic mass is 79.9. The Labute approximate surface area is 160 Å². The number of aryl methyl sites for hydroxylation is 1. The molecule has 2 N–H and O–H groups in total. The third-order valence-corrected chi connectivity index (χ3v) is 5.18. The molecule has 1 aliphatic rings. The minimum Gasteiger partial charge on any atom is -0.440 e. The van der Waals surface area contributed by atoms with Gasteiger partial charge in [0.2, 0.25) is 5.88 Å². The lowest BCUT2D eigenvalue weighted by atomic mass is 9.84. The zero-order valence-electron chi connectivity index (χ0n) is 14.9. The van der Waals surface area contributed by atoms with Crippen LogP contribution in [0.2, 0.25) is 0 Å². The number of halogens is 1. The maximum atomic E-state index is 13.3. The summed E-state index contributed by atoms with van der Waals surface area (Å²) in [7, 11) is 0. The summed E-state index contributed by atoms with van der Waals surface area (Å²) in [6.07, 6.45) is 0. The Balaban J connectivity index is 2.34. The van der Waals surface area contributed by atoms with E-state index in [2.05, 4.69) is 35.8 Å². The molecule has 0 aliphatic carbocycles. The van der Waals surface area contributed by atoms with Crippen molar-refractivity contribution >= 4 is 15.9 Å². The van der Waals surface area contributed by atoms with E-state index in [1.54, 1.807) is 4.57 Å². The Morgan fingerprint density at radius 2 is 2.08 bits per heavy atom. The number of nitriles is 1. The lowest BCUT2D eigenvalue weighted by Gasteiger charge is -2.28. The van der Waals surface area contributed by atoms with Gasteiger partial charge in [0.25, 0.3) is 5.56 Å². The summed E-state index contributed by atoms with van der Waals surface area (Å²) in [6, 6.07) is 11.5. The first-order chi connectivity index (χ1) is 12.3. The highest BCUT2D eigenvalue weighted by molar-refractivity contribution is 9.10. The molecule has 0 saturated heterocycles. The number of nitrogens with zero attached hydrogens (tertiary/aromatic N) is 2. The average molecular weight is 414 g/mol. The van der Waals surface area contributed by atoms with E-state index < -0.39 is 5.92 Å². The van der Waals surface area contributed by atoms with E-state index in [4.69, 9.17) is 10.5 Å². The molecular formula is C20H20BrN3O2. The minimum atomic E-state index is -0.564. The molecule has 6 heteroatoms. The average Bonchev–Trinajstić information content (AvgIpc) is 2.58. The summed E-state index contributed by atoms with van der Waals surface area (Å²) >= 11 is 3.54. The van der Waals surface area contributed by atoms with Gasteiger partial charge >= 0.3 is 0 Å². The van der Waals surface area contributed by atoms with Gasteiger partial charge in [0.1, 0.15) is 17.4 Å². The van der Waals surface area contributed by atoms with Gasteiger partial charge in [-0.15, -0.1) is 0 Å². The summed E-state index contributed by atoms with van der Waals surface area (Å²) in [5.74, 6) is 0.212. The van der Waals surface area contributed by atoms with Crippen LogP contribution in [0.4, 0.5) is 0 Å². The van der Waals surface area contributed by atoms with Crippen LogP contribution in [0, 0.1) is 24.2 Å². The van der Waals surface area contributed by atoms with Gasteiger partial charge in [-0.1, -0.05) is 48.0 Å². The molecule has 0 bridgehead atoms. The minimum absolute atomic E-state index is 0.0427. The van der Waals surface area contributed by atoms with E-state index in [1.165, 1.54) is 0 Å². The first-order valence-electron chi connectivity index (χ1n) is 8.41. The molecule has 0 spiro atoms. The molecular weight excluding hydrogens is 394 g/mol. The van der Waals surface area contributed by atoms with Gasteiger partial charge in [0.15, 0.2) is 0 Å². The molecule has 1 aromatic carbocycles. The van der Waals surface area contributed by atoms with Crippen molar-refractivity contribution in [2.24, 2.45) is 11.7 Å². The van der Waals surface area contributed by atoms with Crippen LogP contribution < -0.4 is 16.0 Å². The molecule has 1 atom stereocenters. The van der Waals surface area contributed by atoms with Gasteiger partial charge in [0, 0.05) is 22.8 Å². The van der Waals surface area contributed by atoms with Crippen molar-refractivity contribution in [2.45, 2.75) is 33.2 Å². The van der Waals surface area contributed by atoms with Crippen LogP contribution in [0.5, 0.6) is 5.75 Å². The molecule has 134 valence electrons. The maximum absolute atomic E-state index is 13.3. The second kappa shape index (κ2) is 7.00. The van der Waals surface area contributed by atoms with E-state index in [9.17, 15) is 10.1 Å². The molecule has 3 rings (SSSR count). The molecule has 5 nitrogen and oxygen atoms in total. The summed E-state index contributed by atoms with van der Waals surface area (Å²) in [6.45, 7) is 6.60. The number of nitrogens with two attached hydrogens (primary N) is 1. The second-order valence-corrected chi connectivity index (χ2v) is 7.67. The fraction of sp³-hybridized carbons (Fsp3) is 0.300. The predicted molar refractivity (Wildman–Crippen MR) is 104 cm³/mol. The first-order valence-corrected chi connectivity index (χ1v) is 9.20. The van der Waals surface area contributed by atoms with Crippen molar-refractivity contribution in [1.29, 1.82) is 5.26 Å². The highest BCUT2D eigenvalue weighted by Crippen LogP contribution is 2.42. The fourth-order valence-corrected chi connectivity index (χ4v) is 3.81. The van der Waals surface area contributed by atoms with E-state index in [-0.39, 0.29) is 17.0 Å². The molecule has 0 unspecified atom stereocenters. The molecule has 1 aliphatic heterocycles. The molecule has 2 aromatic rings. The molecule has 0 saturated carbocycles. The van der Waals surface area contributed by atoms with Crippen LogP contribution in [0.15, 0.2) is 51.1 Å². The van der Waals surface area contributed by atoms with Crippen molar-refractivity contribution < 1.29 is 4.74 Å². The van der Waals surface area contributed by atoms with E-state index in [0.29, 0.717) is 23.8 Å². The molecule has 26 heavy (non-hydrogen) atoms. The summed E-state index contributed by atoms with van der Waals surface area (Å²) in [5.41, 5.74) is 8.19. The number of hydrogen-bond donors (Lipinski definition) is 1. The van der Waals surface area contributed by atoms with Gasteiger partial charge < -0.3 is 15.0 Å². The monoisotopic (exact) mass is 413 g/mol. The lowest BCUT2D eigenvalue weighted by Crippen LogP contribution is -2.33. The van der Waals surface area contributed by atoms with Crippen molar-refractivity contribution in [3.05, 3.63) is 73.4 Å².